The second-order valence-electron chi connectivity index (χ2n) is 4.34. The highest BCUT2D eigenvalue weighted by molar-refractivity contribution is 5.85. The summed E-state index contributed by atoms with van der Waals surface area (Å²) in [6.45, 7) is 3.91. The van der Waals surface area contributed by atoms with Gasteiger partial charge in [-0.2, -0.15) is 0 Å². The van der Waals surface area contributed by atoms with E-state index in [4.69, 9.17) is 0 Å². The van der Waals surface area contributed by atoms with Gasteiger partial charge >= 0.3 is 6.36 Å². The van der Waals surface area contributed by atoms with Crippen LogP contribution in [0.15, 0.2) is 18.2 Å². The zero-order valence-corrected chi connectivity index (χ0v) is 12.6. The lowest BCUT2D eigenvalue weighted by Crippen LogP contribution is -2.42. The maximum Gasteiger partial charge on any atom is 0.573 e. The van der Waals surface area contributed by atoms with E-state index in [1.54, 1.807) is 0 Å². The quantitative estimate of drug-likeness (QED) is 0.848. The van der Waals surface area contributed by atoms with Crippen LogP contribution in [0.25, 0.3) is 0 Å². The fourth-order valence-electron chi connectivity index (χ4n) is 1.98. The molecule has 1 heterocycles. The van der Waals surface area contributed by atoms with Crippen molar-refractivity contribution >= 4 is 24.8 Å². The Labute approximate surface area is 132 Å². The van der Waals surface area contributed by atoms with Crippen LogP contribution >= 0.6 is 24.8 Å². The molecule has 0 atom stereocenters. The zero-order chi connectivity index (χ0) is 13.9. The van der Waals surface area contributed by atoms with Crippen molar-refractivity contribution < 1.29 is 22.3 Å². The molecule has 0 aromatic heterocycles. The summed E-state index contributed by atoms with van der Waals surface area (Å²) < 4.78 is 53.0. The van der Waals surface area contributed by atoms with E-state index < -0.39 is 17.9 Å². The van der Waals surface area contributed by atoms with E-state index in [1.807, 2.05) is 0 Å². The summed E-state index contributed by atoms with van der Waals surface area (Å²) in [5, 5.41) is 3.19. The molecule has 0 saturated carbocycles. The molecule has 1 fully saturated rings. The van der Waals surface area contributed by atoms with Gasteiger partial charge in [0.15, 0.2) is 11.6 Å². The average molecular weight is 351 g/mol. The lowest BCUT2D eigenvalue weighted by Gasteiger charge is -2.27. The molecule has 1 aliphatic heterocycles. The third-order valence-corrected chi connectivity index (χ3v) is 2.84. The molecule has 9 heteroatoms. The maximum absolute atomic E-state index is 13.5. The van der Waals surface area contributed by atoms with Gasteiger partial charge in [-0.1, -0.05) is 6.07 Å². The van der Waals surface area contributed by atoms with Gasteiger partial charge in [-0.05, 0) is 17.7 Å². The smallest absolute Gasteiger partial charge is 0.403 e. The second-order valence-corrected chi connectivity index (χ2v) is 4.34. The number of piperazine rings is 1. The first-order chi connectivity index (χ1) is 8.94. The van der Waals surface area contributed by atoms with Gasteiger partial charge in [0.1, 0.15) is 0 Å². The lowest BCUT2D eigenvalue weighted by molar-refractivity contribution is -0.275. The topological polar surface area (TPSA) is 24.5 Å². The van der Waals surface area contributed by atoms with E-state index in [0.29, 0.717) is 12.1 Å². The molecule has 3 nitrogen and oxygen atoms in total. The van der Waals surface area contributed by atoms with Gasteiger partial charge in [0.05, 0.1) is 0 Å². The molecular weight excluding hydrogens is 335 g/mol. The number of hydrogen-bond acceptors (Lipinski definition) is 3. The number of rotatable bonds is 3. The number of ether oxygens (including phenoxy) is 1. The molecule has 1 aromatic carbocycles. The van der Waals surface area contributed by atoms with E-state index in [2.05, 4.69) is 15.0 Å². The summed E-state index contributed by atoms with van der Waals surface area (Å²) in [7, 11) is 0. The predicted molar refractivity (Wildman–Crippen MR) is 75.7 cm³/mol. The average Bonchev–Trinajstić information content (AvgIpc) is 2.33. The van der Waals surface area contributed by atoms with Crippen LogP contribution in [0.2, 0.25) is 0 Å². The third-order valence-electron chi connectivity index (χ3n) is 2.84. The summed E-state index contributed by atoms with van der Waals surface area (Å²) in [5.74, 6) is -1.79. The molecule has 2 rings (SSSR count). The van der Waals surface area contributed by atoms with Gasteiger partial charge in [0, 0.05) is 32.7 Å². The van der Waals surface area contributed by atoms with Crippen LogP contribution in [-0.2, 0) is 6.54 Å². The minimum Gasteiger partial charge on any atom is -0.403 e. The molecular formula is C12H16Cl2F4N2O. The van der Waals surface area contributed by atoms with Gasteiger partial charge in [-0.3, -0.25) is 4.90 Å². The molecule has 0 aliphatic carbocycles. The fourth-order valence-corrected chi connectivity index (χ4v) is 1.98. The van der Waals surface area contributed by atoms with Crippen molar-refractivity contribution in [3.63, 3.8) is 0 Å². The Balaban J connectivity index is 0.00000200. The zero-order valence-electron chi connectivity index (χ0n) is 11.0. The van der Waals surface area contributed by atoms with Crippen LogP contribution in [0.3, 0.4) is 0 Å². The first-order valence-corrected chi connectivity index (χ1v) is 5.91. The highest BCUT2D eigenvalue weighted by Gasteiger charge is 2.32. The number of benzene rings is 1. The van der Waals surface area contributed by atoms with E-state index in [9.17, 15) is 17.6 Å². The van der Waals surface area contributed by atoms with E-state index in [-0.39, 0.29) is 24.8 Å². The molecule has 21 heavy (non-hydrogen) atoms. The van der Waals surface area contributed by atoms with Crippen molar-refractivity contribution in [3.05, 3.63) is 29.6 Å². The Morgan fingerprint density at radius 3 is 2.29 bits per heavy atom. The van der Waals surface area contributed by atoms with Crippen molar-refractivity contribution in [3.8, 4) is 5.75 Å². The minimum atomic E-state index is -4.87. The van der Waals surface area contributed by atoms with Crippen molar-refractivity contribution in [2.75, 3.05) is 26.2 Å². The first kappa shape index (κ1) is 20.2. The summed E-state index contributed by atoms with van der Waals surface area (Å²) in [5.41, 5.74) is 0.633. The number of halogens is 6. The Morgan fingerprint density at radius 1 is 1.14 bits per heavy atom. The molecule has 122 valence electrons. The van der Waals surface area contributed by atoms with Crippen LogP contribution in [0, 0.1) is 5.82 Å². The minimum absolute atomic E-state index is 0. The van der Waals surface area contributed by atoms with Crippen molar-refractivity contribution in [2.24, 2.45) is 0 Å². The van der Waals surface area contributed by atoms with E-state index in [0.717, 1.165) is 38.3 Å². The van der Waals surface area contributed by atoms with Crippen LogP contribution < -0.4 is 10.1 Å². The second kappa shape index (κ2) is 8.63. The van der Waals surface area contributed by atoms with Crippen molar-refractivity contribution in [1.29, 1.82) is 0 Å². The van der Waals surface area contributed by atoms with Gasteiger partial charge < -0.3 is 10.1 Å². The normalized spacial score (nSPS) is 15.8. The highest BCUT2D eigenvalue weighted by Crippen LogP contribution is 2.26. The Bertz CT molecular complexity index is 440. The molecule has 1 saturated heterocycles. The molecule has 0 bridgehead atoms. The number of nitrogens with zero attached hydrogens (tertiary/aromatic N) is 1. The largest absolute Gasteiger partial charge is 0.573 e. The van der Waals surface area contributed by atoms with Crippen LogP contribution in [0.4, 0.5) is 17.6 Å². The SMILES string of the molecule is Cl.Cl.Fc1cc(CN2CCNCC2)ccc1OC(F)(F)F. The molecule has 0 unspecified atom stereocenters. The molecule has 1 N–H and O–H groups in total. The van der Waals surface area contributed by atoms with Crippen LogP contribution in [-0.4, -0.2) is 37.4 Å². The fraction of sp³-hybridized carbons (Fsp3) is 0.500. The van der Waals surface area contributed by atoms with Crippen LogP contribution in [0.5, 0.6) is 5.75 Å². The molecule has 1 aliphatic rings. The maximum atomic E-state index is 13.5. The molecule has 0 radical (unpaired) electrons. The molecule has 1 aromatic rings. The molecule has 0 spiro atoms. The van der Waals surface area contributed by atoms with E-state index >= 15 is 0 Å². The van der Waals surface area contributed by atoms with Crippen LogP contribution in [0.1, 0.15) is 5.56 Å². The van der Waals surface area contributed by atoms with Gasteiger partial charge in [-0.15, -0.1) is 38.0 Å². The standard InChI is InChI=1S/C12H14F4N2O.2ClH/c13-10-7-9(8-18-5-3-17-4-6-18)1-2-11(10)19-12(14,15)16;;/h1-2,7,17H,3-6,8H2;2*1H. The number of hydrogen-bond donors (Lipinski definition) is 1. The first-order valence-electron chi connectivity index (χ1n) is 5.91. The van der Waals surface area contributed by atoms with E-state index in [1.165, 1.54) is 6.07 Å². The van der Waals surface area contributed by atoms with Crippen molar-refractivity contribution in [1.82, 2.24) is 10.2 Å². The summed E-state index contributed by atoms with van der Waals surface area (Å²) >= 11 is 0. The van der Waals surface area contributed by atoms with Crippen molar-refractivity contribution in [2.45, 2.75) is 12.9 Å². The third kappa shape index (κ3) is 6.69. The van der Waals surface area contributed by atoms with Gasteiger partial charge in [0.25, 0.3) is 0 Å². The summed E-state index contributed by atoms with van der Waals surface area (Å²) in [6.07, 6.45) is -4.87. The Kier molecular flexibility index (Phi) is 8.31. The number of alkyl halides is 3. The summed E-state index contributed by atoms with van der Waals surface area (Å²) in [4.78, 5) is 2.11. The Morgan fingerprint density at radius 2 is 1.76 bits per heavy atom. The molecule has 0 amide bonds. The van der Waals surface area contributed by atoms with Gasteiger partial charge in [0.2, 0.25) is 0 Å². The lowest BCUT2D eigenvalue weighted by atomic mass is 10.2. The number of nitrogens with one attached hydrogen (secondary N) is 1. The predicted octanol–water partition coefficient (Wildman–Crippen LogP) is 2.97. The highest BCUT2D eigenvalue weighted by atomic mass is 35.5. The monoisotopic (exact) mass is 350 g/mol. The Hall–Kier alpha value is -0.760. The summed E-state index contributed by atoms with van der Waals surface area (Å²) in [6, 6.07) is 3.55. The van der Waals surface area contributed by atoms with Gasteiger partial charge in [-0.25, -0.2) is 4.39 Å².